The van der Waals surface area contributed by atoms with E-state index in [0.29, 0.717) is 23.7 Å². The molecule has 1 amide bonds. The molecule has 3 heterocycles. The maximum Gasteiger partial charge on any atom is 0.259 e. The van der Waals surface area contributed by atoms with Crippen molar-refractivity contribution in [1.82, 2.24) is 25.2 Å². The van der Waals surface area contributed by atoms with Crippen LogP contribution in [-0.2, 0) is 0 Å². The molecule has 6 nitrogen and oxygen atoms in total. The molecule has 2 fully saturated rings. The smallest absolute Gasteiger partial charge is 0.259 e. The molecule has 0 unspecified atom stereocenters. The average Bonchev–Trinajstić information content (AvgIpc) is 3.05. The lowest BCUT2D eigenvalue weighted by molar-refractivity contribution is 0.00242. The number of aryl methyl sites for hydroxylation is 1. The maximum absolute atomic E-state index is 14.7. The number of nitrogens with one attached hydrogen (secondary N) is 1. The van der Waals surface area contributed by atoms with Crippen LogP contribution >= 0.6 is 12.4 Å². The van der Waals surface area contributed by atoms with Crippen LogP contribution in [0.15, 0.2) is 24.5 Å². The zero-order valence-corrected chi connectivity index (χ0v) is 14.1. The van der Waals surface area contributed by atoms with Gasteiger partial charge in [-0.25, -0.2) is 4.39 Å². The van der Waals surface area contributed by atoms with Crippen molar-refractivity contribution < 1.29 is 9.18 Å². The quantitative estimate of drug-likeness (QED) is 0.892. The molecule has 128 valence electrons. The number of piperidine rings is 1. The first-order chi connectivity index (χ1) is 11.2. The molecule has 0 aliphatic carbocycles. The van der Waals surface area contributed by atoms with Crippen molar-refractivity contribution in [2.75, 3.05) is 19.6 Å². The number of hydrogen-bond acceptors (Lipinski definition) is 4. The number of halogens is 2. The highest BCUT2D eigenvalue weighted by atomic mass is 35.5. The molecule has 2 aliphatic rings. The Morgan fingerprint density at radius 2 is 2.08 bits per heavy atom. The Kier molecular flexibility index (Phi) is 4.56. The van der Waals surface area contributed by atoms with Crippen molar-refractivity contribution in [3.63, 3.8) is 0 Å². The molecule has 4 rings (SSSR count). The van der Waals surface area contributed by atoms with Crippen molar-refractivity contribution in [2.45, 2.75) is 19.4 Å². The predicted molar refractivity (Wildman–Crippen MR) is 89.1 cm³/mol. The first-order valence-corrected chi connectivity index (χ1v) is 7.84. The van der Waals surface area contributed by atoms with Gasteiger partial charge in [-0.05, 0) is 37.4 Å². The number of carbonyl (C=O) groups excluding carboxylic acids is 1. The van der Waals surface area contributed by atoms with Crippen molar-refractivity contribution >= 4 is 18.3 Å². The second kappa shape index (κ2) is 6.49. The van der Waals surface area contributed by atoms with Crippen LogP contribution in [0.25, 0.3) is 5.69 Å². The fourth-order valence-electron chi connectivity index (χ4n) is 3.48. The van der Waals surface area contributed by atoms with Crippen LogP contribution in [0.1, 0.15) is 22.3 Å². The third-order valence-electron chi connectivity index (χ3n) is 4.84. The number of amides is 1. The number of likely N-dealkylation sites (tertiary alicyclic amines) is 1. The Morgan fingerprint density at radius 1 is 1.33 bits per heavy atom. The van der Waals surface area contributed by atoms with Crippen LogP contribution in [0.2, 0.25) is 0 Å². The van der Waals surface area contributed by atoms with Crippen molar-refractivity contribution in [1.29, 1.82) is 0 Å². The number of carbonyl (C=O) groups is 1. The van der Waals surface area contributed by atoms with Crippen LogP contribution in [0.5, 0.6) is 0 Å². The largest absolute Gasteiger partial charge is 0.334 e. The summed E-state index contributed by atoms with van der Waals surface area (Å²) in [6.45, 7) is 4.13. The molecule has 0 saturated carbocycles. The van der Waals surface area contributed by atoms with Gasteiger partial charge in [-0.15, -0.1) is 12.4 Å². The van der Waals surface area contributed by atoms with Crippen molar-refractivity contribution in [3.8, 4) is 5.69 Å². The minimum Gasteiger partial charge on any atom is -0.334 e. The van der Waals surface area contributed by atoms with Crippen molar-refractivity contribution in [2.24, 2.45) is 5.92 Å². The number of rotatable bonds is 2. The molecule has 0 bridgehead atoms. The highest BCUT2D eigenvalue weighted by Gasteiger charge is 2.44. The van der Waals surface area contributed by atoms with E-state index in [0.717, 1.165) is 19.5 Å². The summed E-state index contributed by atoms with van der Waals surface area (Å²) in [6.07, 6.45) is 4.09. The van der Waals surface area contributed by atoms with Gasteiger partial charge < -0.3 is 10.2 Å². The van der Waals surface area contributed by atoms with Crippen LogP contribution in [-0.4, -0.2) is 51.5 Å². The van der Waals surface area contributed by atoms with E-state index in [1.807, 2.05) is 0 Å². The summed E-state index contributed by atoms with van der Waals surface area (Å²) in [5, 5.41) is 11.4. The second-order valence-electron chi connectivity index (χ2n) is 6.19. The SMILES string of the molecule is Cc1ccc(-n2nccn2)c(C(=O)N2C[C@@H]3CCNC[C@@H]32)c1F.Cl. The van der Waals surface area contributed by atoms with E-state index in [-0.39, 0.29) is 29.9 Å². The Balaban J connectivity index is 0.00000169. The van der Waals surface area contributed by atoms with Crippen LogP contribution in [0.3, 0.4) is 0 Å². The lowest BCUT2D eigenvalue weighted by Crippen LogP contribution is -2.65. The molecule has 24 heavy (non-hydrogen) atoms. The van der Waals surface area contributed by atoms with Gasteiger partial charge in [0.05, 0.1) is 12.4 Å². The van der Waals surface area contributed by atoms with Gasteiger partial charge in [-0.2, -0.15) is 15.0 Å². The third kappa shape index (κ3) is 2.57. The van der Waals surface area contributed by atoms with E-state index in [1.165, 1.54) is 17.2 Å². The first kappa shape index (κ1) is 16.9. The monoisotopic (exact) mass is 351 g/mol. The van der Waals surface area contributed by atoms with Crippen LogP contribution in [0, 0.1) is 18.7 Å². The summed E-state index contributed by atoms with van der Waals surface area (Å²) in [7, 11) is 0. The maximum atomic E-state index is 14.7. The molecule has 8 heteroatoms. The van der Waals surface area contributed by atoms with Gasteiger partial charge in [-0.1, -0.05) is 6.07 Å². The number of nitrogens with zero attached hydrogens (tertiary/aromatic N) is 4. The second-order valence-corrected chi connectivity index (χ2v) is 6.19. The molecule has 2 saturated heterocycles. The Labute approximate surface area is 145 Å². The number of fused-ring (bicyclic) bond motifs is 1. The van der Waals surface area contributed by atoms with Crippen LogP contribution < -0.4 is 5.32 Å². The molecule has 2 atom stereocenters. The molecule has 2 aromatic rings. The number of aromatic nitrogens is 3. The highest BCUT2D eigenvalue weighted by molar-refractivity contribution is 5.99. The summed E-state index contributed by atoms with van der Waals surface area (Å²) < 4.78 is 14.7. The summed E-state index contributed by atoms with van der Waals surface area (Å²) in [5.41, 5.74) is 0.892. The van der Waals surface area contributed by atoms with Crippen LogP contribution in [0.4, 0.5) is 4.39 Å². The van der Waals surface area contributed by atoms with E-state index in [9.17, 15) is 9.18 Å². The fraction of sp³-hybridized carbons (Fsp3) is 0.438. The number of benzene rings is 1. The molecular formula is C16H19ClFN5O. The zero-order valence-electron chi connectivity index (χ0n) is 13.3. The Morgan fingerprint density at radius 3 is 2.79 bits per heavy atom. The molecule has 0 spiro atoms. The third-order valence-corrected chi connectivity index (χ3v) is 4.84. The summed E-state index contributed by atoms with van der Waals surface area (Å²) in [4.78, 5) is 16.0. The highest BCUT2D eigenvalue weighted by Crippen LogP contribution is 2.33. The lowest BCUT2D eigenvalue weighted by atomic mass is 9.82. The Bertz CT molecular complexity index is 751. The van der Waals surface area contributed by atoms with E-state index in [4.69, 9.17) is 0 Å². The van der Waals surface area contributed by atoms with E-state index in [1.54, 1.807) is 24.0 Å². The lowest BCUT2D eigenvalue weighted by Gasteiger charge is -2.51. The zero-order chi connectivity index (χ0) is 16.0. The van der Waals surface area contributed by atoms with Gasteiger partial charge in [0.15, 0.2) is 0 Å². The Hall–Kier alpha value is -1.99. The molecular weight excluding hydrogens is 333 g/mol. The average molecular weight is 352 g/mol. The van der Waals surface area contributed by atoms with Gasteiger partial charge in [0.2, 0.25) is 0 Å². The minimum atomic E-state index is -0.489. The molecule has 0 radical (unpaired) electrons. The predicted octanol–water partition coefficient (Wildman–Crippen LogP) is 1.57. The minimum absolute atomic E-state index is 0. The van der Waals surface area contributed by atoms with Gasteiger partial charge in [0, 0.05) is 19.1 Å². The van der Waals surface area contributed by atoms with Crippen molar-refractivity contribution in [3.05, 3.63) is 41.5 Å². The molecule has 1 aromatic heterocycles. The summed E-state index contributed by atoms with van der Waals surface area (Å²) >= 11 is 0. The van der Waals surface area contributed by atoms with E-state index < -0.39 is 5.82 Å². The fourth-order valence-corrected chi connectivity index (χ4v) is 3.48. The molecule has 1 N–H and O–H groups in total. The van der Waals surface area contributed by atoms with Gasteiger partial charge in [0.25, 0.3) is 5.91 Å². The first-order valence-electron chi connectivity index (χ1n) is 7.84. The topological polar surface area (TPSA) is 63.1 Å². The van der Waals surface area contributed by atoms with E-state index in [2.05, 4.69) is 15.5 Å². The normalized spacial score (nSPS) is 22.3. The summed E-state index contributed by atoms with van der Waals surface area (Å²) in [6, 6.07) is 3.50. The van der Waals surface area contributed by atoms with Gasteiger partial charge in [0.1, 0.15) is 17.1 Å². The number of hydrogen-bond donors (Lipinski definition) is 1. The molecule has 2 aliphatic heterocycles. The molecule has 1 aromatic carbocycles. The van der Waals surface area contributed by atoms with Gasteiger partial charge in [-0.3, -0.25) is 4.79 Å². The van der Waals surface area contributed by atoms with Gasteiger partial charge >= 0.3 is 0 Å². The summed E-state index contributed by atoms with van der Waals surface area (Å²) in [5.74, 6) is -0.236. The van der Waals surface area contributed by atoms with E-state index >= 15 is 0 Å². The standard InChI is InChI=1S/C16H18FN5O.ClH/c1-10-2-3-12(22-19-6-7-20-22)14(15(10)17)16(23)21-9-11-4-5-18-8-13(11)21;/h2-3,6-7,11,13,18H,4-5,8-9H2,1H3;1H/t11-,13-;/m0./s1.